The highest BCUT2D eigenvalue weighted by Crippen LogP contribution is 2.12. The second-order valence-corrected chi connectivity index (χ2v) is 4.40. The van der Waals surface area contributed by atoms with Gasteiger partial charge in [0.2, 0.25) is 0 Å². The second-order valence-electron chi connectivity index (χ2n) is 4.40. The molecule has 0 saturated heterocycles. The van der Waals surface area contributed by atoms with Gasteiger partial charge in [-0.3, -0.25) is 4.79 Å². The number of carboxylic acid groups (broad SMARTS) is 1. The number of hydrogen-bond acceptors (Lipinski definition) is 3. The van der Waals surface area contributed by atoms with E-state index in [2.05, 4.69) is 17.0 Å². The Morgan fingerprint density at radius 2 is 1.89 bits per heavy atom. The molecule has 0 heterocycles. The fraction of sp³-hybridized carbons (Fsp3) is 0.500. The highest BCUT2D eigenvalue weighted by atomic mass is 35.5. The van der Waals surface area contributed by atoms with Gasteiger partial charge in [0.05, 0.1) is 13.5 Å². The molecule has 1 aromatic rings. The molecule has 0 spiro atoms. The first-order valence-corrected chi connectivity index (χ1v) is 6.15. The molecular formula is C14H22ClNO3. The van der Waals surface area contributed by atoms with Crippen LogP contribution in [0.15, 0.2) is 24.3 Å². The van der Waals surface area contributed by atoms with Crippen LogP contribution in [0.5, 0.6) is 5.75 Å². The monoisotopic (exact) mass is 287 g/mol. The van der Waals surface area contributed by atoms with Gasteiger partial charge in [-0.05, 0) is 44.1 Å². The number of ether oxygens (including phenoxy) is 1. The van der Waals surface area contributed by atoms with Crippen LogP contribution in [0.2, 0.25) is 0 Å². The van der Waals surface area contributed by atoms with Crippen molar-refractivity contribution in [3.05, 3.63) is 29.8 Å². The third-order valence-corrected chi connectivity index (χ3v) is 2.87. The molecule has 0 aliphatic rings. The molecule has 1 rings (SSSR count). The maximum absolute atomic E-state index is 10.4. The summed E-state index contributed by atoms with van der Waals surface area (Å²) < 4.78 is 5.10. The fourth-order valence-corrected chi connectivity index (χ4v) is 1.74. The van der Waals surface area contributed by atoms with Crippen molar-refractivity contribution in [1.82, 2.24) is 4.90 Å². The van der Waals surface area contributed by atoms with E-state index in [0.29, 0.717) is 6.54 Å². The molecule has 0 saturated carbocycles. The Hall–Kier alpha value is -1.26. The number of aliphatic carboxylic acids is 1. The van der Waals surface area contributed by atoms with E-state index in [1.807, 2.05) is 19.2 Å². The smallest absolute Gasteiger partial charge is 0.304 e. The summed E-state index contributed by atoms with van der Waals surface area (Å²) in [6, 6.07) is 8.05. The van der Waals surface area contributed by atoms with Crippen molar-refractivity contribution in [2.45, 2.75) is 19.3 Å². The van der Waals surface area contributed by atoms with Crippen molar-refractivity contribution in [2.75, 3.05) is 27.2 Å². The molecule has 0 amide bonds. The standard InChI is InChI=1S/C14H21NO3.ClH/c1-15(11-9-14(16)17)10-3-4-12-5-7-13(18-2)8-6-12;/h5-8H,3-4,9-11H2,1-2H3,(H,16,17);1H. The highest BCUT2D eigenvalue weighted by Gasteiger charge is 2.02. The first-order chi connectivity index (χ1) is 8.61. The van der Waals surface area contributed by atoms with Gasteiger partial charge in [0.15, 0.2) is 0 Å². The molecular weight excluding hydrogens is 266 g/mol. The molecule has 108 valence electrons. The molecule has 0 aliphatic carbocycles. The third kappa shape index (κ3) is 7.70. The SMILES string of the molecule is COc1ccc(CCCN(C)CCC(=O)O)cc1.Cl. The van der Waals surface area contributed by atoms with Crippen molar-refractivity contribution < 1.29 is 14.6 Å². The van der Waals surface area contributed by atoms with Gasteiger partial charge in [0, 0.05) is 6.54 Å². The van der Waals surface area contributed by atoms with Crippen molar-refractivity contribution in [3.8, 4) is 5.75 Å². The number of hydrogen-bond donors (Lipinski definition) is 1. The number of methoxy groups -OCH3 is 1. The normalized spacial score (nSPS) is 10.1. The predicted octanol–water partition coefficient (Wildman–Crippen LogP) is 2.46. The zero-order valence-corrected chi connectivity index (χ0v) is 12.3. The lowest BCUT2D eigenvalue weighted by Crippen LogP contribution is -2.23. The average Bonchev–Trinajstić information content (AvgIpc) is 2.37. The van der Waals surface area contributed by atoms with Crippen molar-refractivity contribution in [3.63, 3.8) is 0 Å². The van der Waals surface area contributed by atoms with Gasteiger partial charge in [0.1, 0.15) is 5.75 Å². The summed E-state index contributed by atoms with van der Waals surface area (Å²) in [6.45, 7) is 1.53. The summed E-state index contributed by atoms with van der Waals surface area (Å²) in [6.07, 6.45) is 2.24. The fourth-order valence-electron chi connectivity index (χ4n) is 1.74. The topological polar surface area (TPSA) is 49.8 Å². The van der Waals surface area contributed by atoms with E-state index in [1.54, 1.807) is 7.11 Å². The van der Waals surface area contributed by atoms with Crippen LogP contribution in [0.1, 0.15) is 18.4 Å². The Balaban J connectivity index is 0.00000324. The summed E-state index contributed by atoms with van der Waals surface area (Å²) in [7, 11) is 3.61. The Labute approximate surface area is 120 Å². The van der Waals surface area contributed by atoms with Crippen LogP contribution >= 0.6 is 12.4 Å². The minimum absolute atomic E-state index is 0. The Bertz CT molecular complexity index is 367. The van der Waals surface area contributed by atoms with Crippen molar-refractivity contribution >= 4 is 18.4 Å². The minimum Gasteiger partial charge on any atom is -0.497 e. The van der Waals surface area contributed by atoms with Gasteiger partial charge in [-0.2, -0.15) is 0 Å². The number of aryl methyl sites for hydroxylation is 1. The number of carboxylic acids is 1. The van der Waals surface area contributed by atoms with Crippen LogP contribution in [-0.2, 0) is 11.2 Å². The largest absolute Gasteiger partial charge is 0.497 e. The molecule has 0 bridgehead atoms. The maximum Gasteiger partial charge on any atom is 0.304 e. The lowest BCUT2D eigenvalue weighted by molar-refractivity contribution is -0.137. The molecule has 19 heavy (non-hydrogen) atoms. The minimum atomic E-state index is -0.739. The van der Waals surface area contributed by atoms with E-state index in [9.17, 15) is 4.79 Å². The van der Waals surface area contributed by atoms with E-state index >= 15 is 0 Å². The first kappa shape index (κ1) is 17.7. The maximum atomic E-state index is 10.4. The van der Waals surface area contributed by atoms with Crippen LogP contribution in [0.4, 0.5) is 0 Å². The number of rotatable bonds is 8. The van der Waals surface area contributed by atoms with Gasteiger partial charge >= 0.3 is 5.97 Å². The molecule has 0 unspecified atom stereocenters. The van der Waals surface area contributed by atoms with Crippen LogP contribution < -0.4 is 4.74 Å². The van der Waals surface area contributed by atoms with Crippen LogP contribution in [0.3, 0.4) is 0 Å². The van der Waals surface area contributed by atoms with E-state index in [4.69, 9.17) is 9.84 Å². The van der Waals surface area contributed by atoms with E-state index in [-0.39, 0.29) is 18.8 Å². The van der Waals surface area contributed by atoms with Crippen molar-refractivity contribution in [2.24, 2.45) is 0 Å². The molecule has 0 radical (unpaired) electrons. The number of benzene rings is 1. The average molecular weight is 288 g/mol. The van der Waals surface area contributed by atoms with E-state index in [1.165, 1.54) is 5.56 Å². The summed E-state index contributed by atoms with van der Waals surface area (Å²) >= 11 is 0. The molecule has 4 nitrogen and oxygen atoms in total. The van der Waals surface area contributed by atoms with Crippen LogP contribution in [0, 0.1) is 0 Å². The summed E-state index contributed by atoms with van der Waals surface area (Å²) in [5, 5.41) is 8.58. The highest BCUT2D eigenvalue weighted by molar-refractivity contribution is 5.85. The molecule has 0 aliphatic heterocycles. The Morgan fingerprint density at radius 1 is 1.26 bits per heavy atom. The Kier molecular flexibility index (Phi) is 9.00. The zero-order chi connectivity index (χ0) is 13.4. The number of carbonyl (C=O) groups is 1. The second kappa shape index (κ2) is 9.64. The Morgan fingerprint density at radius 3 is 2.42 bits per heavy atom. The first-order valence-electron chi connectivity index (χ1n) is 6.15. The molecule has 1 aromatic carbocycles. The van der Waals surface area contributed by atoms with Gasteiger partial charge in [-0.1, -0.05) is 12.1 Å². The third-order valence-electron chi connectivity index (χ3n) is 2.87. The van der Waals surface area contributed by atoms with Gasteiger partial charge < -0.3 is 14.7 Å². The van der Waals surface area contributed by atoms with E-state index < -0.39 is 5.97 Å². The van der Waals surface area contributed by atoms with Crippen molar-refractivity contribution in [1.29, 1.82) is 0 Å². The van der Waals surface area contributed by atoms with Gasteiger partial charge in [-0.15, -0.1) is 12.4 Å². The van der Waals surface area contributed by atoms with Crippen LogP contribution in [0.25, 0.3) is 0 Å². The predicted molar refractivity (Wildman–Crippen MR) is 78.3 cm³/mol. The zero-order valence-electron chi connectivity index (χ0n) is 11.5. The number of nitrogens with zero attached hydrogens (tertiary/aromatic N) is 1. The molecule has 0 atom stereocenters. The molecule has 5 heteroatoms. The lowest BCUT2D eigenvalue weighted by Gasteiger charge is -2.15. The summed E-state index contributed by atoms with van der Waals surface area (Å²) in [5.41, 5.74) is 1.28. The molecule has 1 N–H and O–H groups in total. The lowest BCUT2D eigenvalue weighted by atomic mass is 10.1. The van der Waals surface area contributed by atoms with E-state index in [0.717, 1.165) is 25.1 Å². The summed E-state index contributed by atoms with van der Waals surface area (Å²) in [5.74, 6) is 0.134. The molecule has 0 fully saturated rings. The van der Waals surface area contributed by atoms with Gasteiger partial charge in [-0.25, -0.2) is 0 Å². The summed E-state index contributed by atoms with van der Waals surface area (Å²) in [4.78, 5) is 12.5. The van der Waals surface area contributed by atoms with Crippen LogP contribution in [-0.4, -0.2) is 43.2 Å². The number of halogens is 1. The quantitative estimate of drug-likeness (QED) is 0.798. The molecule has 0 aromatic heterocycles. The van der Waals surface area contributed by atoms with Gasteiger partial charge in [0.25, 0.3) is 0 Å².